The van der Waals surface area contributed by atoms with E-state index in [0.29, 0.717) is 22.3 Å². The zero-order chi connectivity index (χ0) is 17.4. The number of ether oxygens (including phenoxy) is 3. The van der Waals surface area contributed by atoms with Crippen LogP contribution >= 0.6 is 0 Å². The molecule has 0 N–H and O–H groups in total. The van der Waals surface area contributed by atoms with E-state index in [9.17, 15) is 9.59 Å². The monoisotopic (exact) mass is 338 g/mol. The standard InChI is InChI=1S/C18H14N2O5/c1-23-18(22)16-12-4-2-3-5-13(12)17(21)20(19-16)9-11-6-7-14-15(8-11)25-10-24-14/h2-8H,9-10H2,1H3. The van der Waals surface area contributed by atoms with Crippen LogP contribution in [0.4, 0.5) is 0 Å². The Morgan fingerprint density at radius 2 is 1.92 bits per heavy atom. The minimum atomic E-state index is -0.587. The lowest BCUT2D eigenvalue weighted by atomic mass is 10.1. The first-order valence-electron chi connectivity index (χ1n) is 7.64. The van der Waals surface area contributed by atoms with Crippen LogP contribution in [0.25, 0.3) is 10.8 Å². The van der Waals surface area contributed by atoms with Crippen LogP contribution in [0.2, 0.25) is 0 Å². The summed E-state index contributed by atoms with van der Waals surface area (Å²) in [7, 11) is 1.28. The molecule has 2 heterocycles. The number of rotatable bonds is 3. The van der Waals surface area contributed by atoms with Gasteiger partial charge in [0.25, 0.3) is 5.56 Å². The van der Waals surface area contributed by atoms with Crippen molar-refractivity contribution in [2.75, 3.05) is 13.9 Å². The number of hydrogen-bond acceptors (Lipinski definition) is 6. The number of carbonyl (C=O) groups is 1. The molecule has 126 valence electrons. The van der Waals surface area contributed by atoms with Gasteiger partial charge in [-0.2, -0.15) is 5.10 Å². The van der Waals surface area contributed by atoms with E-state index in [1.165, 1.54) is 11.8 Å². The van der Waals surface area contributed by atoms with Gasteiger partial charge in [0.2, 0.25) is 6.79 Å². The minimum absolute atomic E-state index is 0.110. The van der Waals surface area contributed by atoms with Gasteiger partial charge in [-0.05, 0) is 23.8 Å². The maximum absolute atomic E-state index is 12.7. The summed E-state index contributed by atoms with van der Waals surface area (Å²) in [6.07, 6.45) is 0. The SMILES string of the molecule is COC(=O)c1nn(Cc2ccc3c(c2)OCO3)c(=O)c2ccccc12. The average molecular weight is 338 g/mol. The van der Waals surface area contributed by atoms with Crippen LogP contribution in [-0.2, 0) is 11.3 Å². The number of esters is 1. The molecule has 0 unspecified atom stereocenters. The van der Waals surface area contributed by atoms with Crippen molar-refractivity contribution in [3.63, 3.8) is 0 Å². The van der Waals surface area contributed by atoms with Crippen LogP contribution in [0.1, 0.15) is 16.1 Å². The van der Waals surface area contributed by atoms with E-state index in [-0.39, 0.29) is 24.6 Å². The van der Waals surface area contributed by atoms with Gasteiger partial charge < -0.3 is 14.2 Å². The Balaban J connectivity index is 1.83. The molecule has 1 aromatic heterocycles. The second-order valence-electron chi connectivity index (χ2n) is 5.54. The molecule has 2 aromatic carbocycles. The highest BCUT2D eigenvalue weighted by atomic mass is 16.7. The van der Waals surface area contributed by atoms with E-state index < -0.39 is 5.97 Å². The van der Waals surface area contributed by atoms with Gasteiger partial charge in [0.05, 0.1) is 19.0 Å². The first kappa shape index (κ1) is 15.2. The number of methoxy groups -OCH3 is 1. The molecule has 0 saturated heterocycles. The van der Waals surface area contributed by atoms with Crippen LogP contribution < -0.4 is 15.0 Å². The number of aromatic nitrogens is 2. The highest BCUT2D eigenvalue weighted by Gasteiger charge is 2.18. The summed E-state index contributed by atoms with van der Waals surface area (Å²) in [4.78, 5) is 24.8. The third kappa shape index (κ3) is 2.59. The molecule has 4 rings (SSSR count). The predicted octanol–water partition coefficient (Wildman–Crippen LogP) is 1.96. The molecule has 0 amide bonds. The first-order valence-corrected chi connectivity index (χ1v) is 7.64. The predicted molar refractivity (Wildman–Crippen MR) is 89.0 cm³/mol. The Morgan fingerprint density at radius 3 is 2.72 bits per heavy atom. The minimum Gasteiger partial charge on any atom is -0.464 e. The zero-order valence-electron chi connectivity index (χ0n) is 13.4. The van der Waals surface area contributed by atoms with Gasteiger partial charge in [0, 0.05) is 5.39 Å². The molecule has 0 spiro atoms. The van der Waals surface area contributed by atoms with Crippen molar-refractivity contribution in [2.45, 2.75) is 6.54 Å². The molecule has 0 atom stereocenters. The highest BCUT2D eigenvalue weighted by Crippen LogP contribution is 2.32. The first-order chi connectivity index (χ1) is 12.2. The van der Waals surface area contributed by atoms with Crippen molar-refractivity contribution >= 4 is 16.7 Å². The lowest BCUT2D eigenvalue weighted by Crippen LogP contribution is -2.26. The van der Waals surface area contributed by atoms with E-state index in [0.717, 1.165) is 5.56 Å². The third-order valence-corrected chi connectivity index (χ3v) is 4.02. The molecule has 3 aromatic rings. The maximum Gasteiger partial charge on any atom is 0.359 e. The number of benzene rings is 2. The van der Waals surface area contributed by atoms with Gasteiger partial charge in [-0.25, -0.2) is 9.48 Å². The highest BCUT2D eigenvalue weighted by molar-refractivity contribution is 6.01. The summed E-state index contributed by atoms with van der Waals surface area (Å²) in [6.45, 7) is 0.379. The van der Waals surface area contributed by atoms with Crippen LogP contribution in [0, 0.1) is 0 Å². The fourth-order valence-electron chi connectivity index (χ4n) is 2.80. The molecular formula is C18H14N2O5. The molecule has 1 aliphatic heterocycles. The topological polar surface area (TPSA) is 79.7 Å². The van der Waals surface area contributed by atoms with E-state index in [1.807, 2.05) is 6.07 Å². The summed E-state index contributed by atoms with van der Waals surface area (Å²) < 4.78 is 16.7. The molecule has 1 aliphatic rings. The summed E-state index contributed by atoms with van der Waals surface area (Å²) >= 11 is 0. The summed E-state index contributed by atoms with van der Waals surface area (Å²) in [6, 6.07) is 12.2. The van der Waals surface area contributed by atoms with E-state index in [2.05, 4.69) is 5.10 Å². The van der Waals surface area contributed by atoms with E-state index in [4.69, 9.17) is 14.2 Å². The second kappa shape index (κ2) is 5.94. The molecule has 25 heavy (non-hydrogen) atoms. The quantitative estimate of drug-likeness (QED) is 0.679. The normalized spacial score (nSPS) is 12.4. The van der Waals surface area contributed by atoms with Gasteiger partial charge >= 0.3 is 5.97 Å². The Kier molecular flexibility index (Phi) is 3.61. The van der Waals surface area contributed by atoms with E-state index >= 15 is 0 Å². The summed E-state index contributed by atoms with van der Waals surface area (Å²) in [5, 5.41) is 5.11. The van der Waals surface area contributed by atoms with Crippen LogP contribution in [-0.4, -0.2) is 29.7 Å². The van der Waals surface area contributed by atoms with Crippen molar-refractivity contribution in [2.24, 2.45) is 0 Å². The van der Waals surface area contributed by atoms with Crippen LogP contribution in [0.5, 0.6) is 11.5 Å². The lowest BCUT2D eigenvalue weighted by Gasteiger charge is -2.10. The van der Waals surface area contributed by atoms with Crippen LogP contribution in [0.3, 0.4) is 0 Å². The summed E-state index contributed by atoms with van der Waals surface area (Å²) in [5.41, 5.74) is 0.643. The molecule has 0 radical (unpaired) electrons. The molecule has 7 nitrogen and oxygen atoms in total. The average Bonchev–Trinajstić information content (AvgIpc) is 3.11. The molecule has 0 aliphatic carbocycles. The number of hydrogen-bond donors (Lipinski definition) is 0. The van der Waals surface area contributed by atoms with Crippen molar-refractivity contribution in [1.82, 2.24) is 9.78 Å². The third-order valence-electron chi connectivity index (χ3n) is 4.02. The van der Waals surface area contributed by atoms with Crippen molar-refractivity contribution in [3.8, 4) is 11.5 Å². The Bertz CT molecular complexity index is 1040. The maximum atomic E-state index is 12.7. The van der Waals surface area contributed by atoms with Crippen LogP contribution in [0.15, 0.2) is 47.3 Å². The van der Waals surface area contributed by atoms with Gasteiger partial charge in [-0.3, -0.25) is 4.79 Å². The molecule has 0 fully saturated rings. The Hall–Kier alpha value is -3.35. The number of nitrogens with zero attached hydrogens (tertiary/aromatic N) is 2. The van der Waals surface area contributed by atoms with Gasteiger partial charge in [0.1, 0.15) is 0 Å². The number of carbonyl (C=O) groups excluding carboxylic acids is 1. The summed E-state index contributed by atoms with van der Waals surface area (Å²) in [5.74, 6) is 0.702. The second-order valence-corrected chi connectivity index (χ2v) is 5.54. The molecular weight excluding hydrogens is 324 g/mol. The molecule has 7 heteroatoms. The zero-order valence-corrected chi connectivity index (χ0v) is 13.4. The van der Waals surface area contributed by atoms with Crippen molar-refractivity contribution in [1.29, 1.82) is 0 Å². The largest absolute Gasteiger partial charge is 0.464 e. The fourth-order valence-corrected chi connectivity index (χ4v) is 2.80. The number of fused-ring (bicyclic) bond motifs is 2. The van der Waals surface area contributed by atoms with Crippen molar-refractivity contribution in [3.05, 3.63) is 64.1 Å². The Morgan fingerprint density at radius 1 is 1.16 bits per heavy atom. The van der Waals surface area contributed by atoms with Crippen molar-refractivity contribution < 1.29 is 19.0 Å². The smallest absolute Gasteiger partial charge is 0.359 e. The fraction of sp³-hybridized carbons (Fsp3) is 0.167. The van der Waals surface area contributed by atoms with Gasteiger partial charge in [-0.15, -0.1) is 0 Å². The van der Waals surface area contributed by atoms with Gasteiger partial charge in [0.15, 0.2) is 17.2 Å². The van der Waals surface area contributed by atoms with E-state index in [1.54, 1.807) is 36.4 Å². The molecule has 0 bridgehead atoms. The van der Waals surface area contributed by atoms with Gasteiger partial charge in [-0.1, -0.05) is 24.3 Å². The molecule has 0 saturated carbocycles. The Labute approximate surface area is 142 Å². The lowest BCUT2D eigenvalue weighted by molar-refractivity contribution is 0.0593.